The van der Waals surface area contributed by atoms with Crippen LogP contribution in [0.2, 0.25) is 0 Å². The van der Waals surface area contributed by atoms with Gasteiger partial charge in [0.05, 0.1) is 12.6 Å². The van der Waals surface area contributed by atoms with Crippen LogP contribution in [0.15, 0.2) is 34.1 Å². The molecule has 2 nitrogen and oxygen atoms in total. The summed E-state index contributed by atoms with van der Waals surface area (Å²) in [6.45, 7) is 7.91. The fourth-order valence-electron chi connectivity index (χ4n) is 2.26. The van der Waals surface area contributed by atoms with E-state index in [1.165, 1.54) is 16.0 Å². The van der Waals surface area contributed by atoms with Gasteiger partial charge in [0.15, 0.2) is 0 Å². The van der Waals surface area contributed by atoms with Gasteiger partial charge >= 0.3 is 0 Å². The summed E-state index contributed by atoms with van der Waals surface area (Å²) in [5.74, 6) is 0.953. The minimum absolute atomic E-state index is 0.180. The summed E-state index contributed by atoms with van der Waals surface area (Å²) in [5, 5.41) is 5.72. The monoisotopic (exact) mass is 353 g/mol. The minimum atomic E-state index is 0.180. The molecule has 1 unspecified atom stereocenters. The highest BCUT2D eigenvalue weighted by molar-refractivity contribution is 9.10. The molecule has 2 rings (SSSR count). The molecule has 2 aromatic rings. The van der Waals surface area contributed by atoms with Crippen LogP contribution < -0.4 is 10.1 Å². The molecule has 0 saturated heterocycles. The van der Waals surface area contributed by atoms with Gasteiger partial charge in [-0.2, -0.15) is 0 Å². The quantitative estimate of drug-likeness (QED) is 0.795. The van der Waals surface area contributed by atoms with Crippen molar-refractivity contribution in [2.24, 2.45) is 0 Å². The number of benzene rings is 1. The van der Waals surface area contributed by atoms with E-state index in [4.69, 9.17) is 4.74 Å². The Bertz CT molecular complexity index is 567. The Morgan fingerprint density at radius 2 is 2.10 bits per heavy atom. The molecule has 1 atom stereocenters. The van der Waals surface area contributed by atoms with Gasteiger partial charge in [-0.3, -0.25) is 0 Å². The van der Waals surface area contributed by atoms with Crippen molar-refractivity contribution in [3.8, 4) is 5.75 Å². The molecule has 1 heterocycles. The second-order valence-electron chi connectivity index (χ2n) is 4.57. The van der Waals surface area contributed by atoms with Crippen molar-refractivity contribution in [3.63, 3.8) is 0 Å². The van der Waals surface area contributed by atoms with Crippen molar-refractivity contribution >= 4 is 27.3 Å². The van der Waals surface area contributed by atoms with E-state index in [2.05, 4.69) is 52.6 Å². The molecule has 0 spiro atoms. The van der Waals surface area contributed by atoms with E-state index in [0.29, 0.717) is 6.61 Å². The molecule has 0 aliphatic carbocycles. The lowest BCUT2D eigenvalue weighted by molar-refractivity contribution is 0.333. The number of halogens is 1. The van der Waals surface area contributed by atoms with E-state index < -0.39 is 0 Å². The zero-order valence-corrected chi connectivity index (χ0v) is 14.5. The SMILES string of the molecule is CCNC(c1cc(Br)ccc1OCC)c1sccc1C. The van der Waals surface area contributed by atoms with Crippen LogP contribution in [0.5, 0.6) is 5.75 Å². The number of thiophene rings is 1. The fourth-order valence-corrected chi connectivity index (χ4v) is 3.66. The van der Waals surface area contributed by atoms with Gasteiger partial charge < -0.3 is 10.1 Å². The average Bonchev–Trinajstić information content (AvgIpc) is 2.85. The van der Waals surface area contributed by atoms with Crippen LogP contribution in [0.25, 0.3) is 0 Å². The first-order valence-electron chi connectivity index (χ1n) is 6.87. The van der Waals surface area contributed by atoms with E-state index in [1.807, 2.05) is 19.1 Å². The third kappa shape index (κ3) is 3.43. The predicted molar refractivity (Wildman–Crippen MR) is 89.9 cm³/mol. The molecule has 0 bridgehead atoms. The van der Waals surface area contributed by atoms with Crippen molar-refractivity contribution in [3.05, 3.63) is 50.1 Å². The second kappa shape index (κ2) is 7.25. The number of nitrogens with one attached hydrogen (secondary N) is 1. The van der Waals surface area contributed by atoms with Crippen molar-refractivity contribution in [2.75, 3.05) is 13.2 Å². The smallest absolute Gasteiger partial charge is 0.124 e. The minimum Gasteiger partial charge on any atom is -0.494 e. The Morgan fingerprint density at radius 1 is 1.30 bits per heavy atom. The summed E-state index contributed by atoms with van der Waals surface area (Å²) in [6.07, 6.45) is 0. The molecule has 0 fully saturated rings. The van der Waals surface area contributed by atoms with Crippen LogP contribution in [0.1, 0.15) is 35.9 Å². The number of aryl methyl sites for hydroxylation is 1. The molecule has 0 radical (unpaired) electrons. The van der Waals surface area contributed by atoms with Crippen LogP contribution >= 0.6 is 27.3 Å². The standard InChI is InChI=1S/C16H20BrNOS/c1-4-18-15(16-11(3)8-9-20-16)13-10-12(17)6-7-14(13)19-5-2/h6-10,15,18H,4-5H2,1-3H3. The molecule has 0 aliphatic heterocycles. The van der Waals surface area contributed by atoms with Crippen LogP contribution in [-0.4, -0.2) is 13.2 Å². The van der Waals surface area contributed by atoms with Crippen molar-refractivity contribution in [2.45, 2.75) is 26.8 Å². The first-order chi connectivity index (χ1) is 9.67. The summed E-state index contributed by atoms with van der Waals surface area (Å²) < 4.78 is 6.88. The van der Waals surface area contributed by atoms with E-state index in [-0.39, 0.29) is 6.04 Å². The lowest BCUT2D eigenvalue weighted by Gasteiger charge is -2.21. The van der Waals surface area contributed by atoms with E-state index in [1.54, 1.807) is 11.3 Å². The van der Waals surface area contributed by atoms with Crippen molar-refractivity contribution in [1.29, 1.82) is 0 Å². The molecule has 1 N–H and O–H groups in total. The first-order valence-corrected chi connectivity index (χ1v) is 8.54. The number of rotatable bonds is 6. The molecule has 0 saturated carbocycles. The van der Waals surface area contributed by atoms with Gasteiger partial charge in [0, 0.05) is 14.9 Å². The molecular weight excluding hydrogens is 334 g/mol. The Morgan fingerprint density at radius 3 is 2.70 bits per heavy atom. The largest absolute Gasteiger partial charge is 0.494 e. The summed E-state index contributed by atoms with van der Waals surface area (Å²) >= 11 is 5.36. The lowest BCUT2D eigenvalue weighted by atomic mass is 10.0. The van der Waals surface area contributed by atoms with Gasteiger partial charge in [-0.15, -0.1) is 11.3 Å². The number of hydrogen-bond acceptors (Lipinski definition) is 3. The van der Waals surface area contributed by atoms with Gasteiger partial charge in [0.25, 0.3) is 0 Å². The van der Waals surface area contributed by atoms with Crippen molar-refractivity contribution < 1.29 is 4.74 Å². The molecular formula is C16H20BrNOS. The second-order valence-corrected chi connectivity index (χ2v) is 6.44. The maximum absolute atomic E-state index is 5.80. The van der Waals surface area contributed by atoms with E-state index >= 15 is 0 Å². The van der Waals surface area contributed by atoms with E-state index in [0.717, 1.165) is 16.8 Å². The van der Waals surface area contributed by atoms with Crippen LogP contribution in [0, 0.1) is 6.92 Å². The summed E-state index contributed by atoms with van der Waals surface area (Å²) in [6, 6.07) is 8.56. The third-order valence-electron chi connectivity index (χ3n) is 3.15. The highest BCUT2D eigenvalue weighted by Crippen LogP contribution is 2.36. The average molecular weight is 354 g/mol. The Balaban J connectivity index is 2.48. The molecule has 0 amide bonds. The van der Waals surface area contributed by atoms with Crippen LogP contribution in [-0.2, 0) is 0 Å². The molecule has 4 heteroatoms. The van der Waals surface area contributed by atoms with Crippen molar-refractivity contribution in [1.82, 2.24) is 5.32 Å². The fraction of sp³-hybridized carbons (Fsp3) is 0.375. The zero-order chi connectivity index (χ0) is 14.5. The zero-order valence-electron chi connectivity index (χ0n) is 12.1. The van der Waals surface area contributed by atoms with Gasteiger partial charge in [-0.05, 0) is 55.6 Å². The maximum Gasteiger partial charge on any atom is 0.124 e. The first kappa shape index (κ1) is 15.5. The molecule has 1 aromatic heterocycles. The van der Waals surface area contributed by atoms with Gasteiger partial charge in [0.2, 0.25) is 0 Å². The lowest BCUT2D eigenvalue weighted by Crippen LogP contribution is -2.22. The number of hydrogen-bond donors (Lipinski definition) is 1. The predicted octanol–water partition coefficient (Wildman–Crippen LogP) is 4.92. The Hall–Kier alpha value is -0.840. The van der Waals surface area contributed by atoms with Crippen LogP contribution in [0.4, 0.5) is 0 Å². The topological polar surface area (TPSA) is 21.3 Å². The molecule has 0 aliphatic rings. The molecule has 1 aromatic carbocycles. The highest BCUT2D eigenvalue weighted by atomic mass is 79.9. The summed E-state index contributed by atoms with van der Waals surface area (Å²) in [7, 11) is 0. The van der Waals surface area contributed by atoms with Gasteiger partial charge in [-0.1, -0.05) is 22.9 Å². The van der Waals surface area contributed by atoms with Gasteiger partial charge in [0.1, 0.15) is 5.75 Å². The van der Waals surface area contributed by atoms with Crippen LogP contribution in [0.3, 0.4) is 0 Å². The van der Waals surface area contributed by atoms with E-state index in [9.17, 15) is 0 Å². The summed E-state index contributed by atoms with van der Waals surface area (Å²) in [5.41, 5.74) is 2.51. The summed E-state index contributed by atoms with van der Waals surface area (Å²) in [4.78, 5) is 1.35. The molecule has 20 heavy (non-hydrogen) atoms. The van der Waals surface area contributed by atoms with Gasteiger partial charge in [-0.25, -0.2) is 0 Å². The molecule has 108 valence electrons. The third-order valence-corrected chi connectivity index (χ3v) is 4.73. The Kier molecular flexibility index (Phi) is 5.64. The Labute approximate surface area is 133 Å². The maximum atomic E-state index is 5.80. The highest BCUT2D eigenvalue weighted by Gasteiger charge is 2.20. The normalized spacial score (nSPS) is 12.4. The number of ether oxygens (including phenoxy) is 1.